The standard InChI is InChI=1S/C21H20FN5O3S/c1-11-3-4-12(2)15(9-11)24-16(28)10-31-21-26-18(23)17(20(30)27-21)25-19(29)13-5-7-14(22)8-6-13/h3-9H,10H2,1-2H3,(H,24,28)(H,25,29)(H3,23,26,27,30). The first-order valence-corrected chi connectivity index (χ1v) is 10.2. The molecule has 0 saturated carbocycles. The number of thioether (sulfide) groups is 1. The summed E-state index contributed by atoms with van der Waals surface area (Å²) in [6, 6.07) is 10.6. The summed E-state index contributed by atoms with van der Waals surface area (Å²) in [6.07, 6.45) is 0. The molecule has 2 amide bonds. The summed E-state index contributed by atoms with van der Waals surface area (Å²) < 4.78 is 13.0. The van der Waals surface area contributed by atoms with E-state index in [2.05, 4.69) is 20.6 Å². The second-order valence-electron chi connectivity index (χ2n) is 6.75. The Morgan fingerprint density at radius 1 is 1.13 bits per heavy atom. The third-order valence-electron chi connectivity index (χ3n) is 4.28. The molecule has 31 heavy (non-hydrogen) atoms. The van der Waals surface area contributed by atoms with Crippen molar-refractivity contribution in [2.45, 2.75) is 19.0 Å². The number of nitrogens with two attached hydrogens (primary N) is 1. The molecule has 0 bridgehead atoms. The van der Waals surface area contributed by atoms with Gasteiger partial charge in [0.1, 0.15) is 11.5 Å². The van der Waals surface area contributed by atoms with E-state index in [1.807, 2.05) is 32.0 Å². The molecule has 0 aliphatic carbocycles. The first kappa shape index (κ1) is 22.0. The Bertz CT molecular complexity index is 1190. The number of nitrogens with zero attached hydrogens (tertiary/aromatic N) is 1. The first-order valence-electron chi connectivity index (χ1n) is 9.19. The highest BCUT2D eigenvalue weighted by Crippen LogP contribution is 2.20. The van der Waals surface area contributed by atoms with Crippen LogP contribution in [0.4, 0.5) is 21.6 Å². The minimum absolute atomic E-state index is 0.00293. The lowest BCUT2D eigenvalue weighted by Crippen LogP contribution is -2.23. The van der Waals surface area contributed by atoms with Gasteiger partial charge in [-0.25, -0.2) is 9.37 Å². The number of aromatic nitrogens is 2. The van der Waals surface area contributed by atoms with E-state index < -0.39 is 17.3 Å². The number of halogens is 1. The number of carbonyl (C=O) groups excluding carboxylic acids is 2. The predicted molar refractivity (Wildman–Crippen MR) is 119 cm³/mol. The highest BCUT2D eigenvalue weighted by molar-refractivity contribution is 7.99. The van der Waals surface area contributed by atoms with Gasteiger partial charge in [-0.3, -0.25) is 19.4 Å². The van der Waals surface area contributed by atoms with Crippen LogP contribution in [0.5, 0.6) is 0 Å². The Hall–Kier alpha value is -3.66. The van der Waals surface area contributed by atoms with Gasteiger partial charge < -0.3 is 16.4 Å². The second-order valence-corrected chi connectivity index (χ2v) is 7.71. The molecule has 5 N–H and O–H groups in total. The molecule has 3 aromatic rings. The van der Waals surface area contributed by atoms with Gasteiger partial charge in [0, 0.05) is 11.3 Å². The van der Waals surface area contributed by atoms with Crippen LogP contribution in [0.3, 0.4) is 0 Å². The molecule has 1 heterocycles. The number of nitrogen functional groups attached to an aromatic ring is 1. The lowest BCUT2D eigenvalue weighted by atomic mass is 10.1. The zero-order chi connectivity index (χ0) is 22.5. The Kier molecular flexibility index (Phi) is 6.71. The summed E-state index contributed by atoms with van der Waals surface area (Å²) in [5.74, 6) is -1.59. The third kappa shape index (κ3) is 5.70. The summed E-state index contributed by atoms with van der Waals surface area (Å²) in [5.41, 5.74) is 7.75. The van der Waals surface area contributed by atoms with Crippen molar-refractivity contribution in [3.8, 4) is 0 Å². The number of amides is 2. The van der Waals surface area contributed by atoms with Crippen molar-refractivity contribution in [3.63, 3.8) is 0 Å². The molecular formula is C21H20FN5O3S. The smallest absolute Gasteiger partial charge is 0.277 e. The zero-order valence-corrected chi connectivity index (χ0v) is 17.6. The Balaban J connectivity index is 1.65. The molecule has 0 aliphatic heterocycles. The maximum atomic E-state index is 13.0. The average Bonchev–Trinajstić information content (AvgIpc) is 2.72. The maximum absolute atomic E-state index is 13.0. The van der Waals surface area contributed by atoms with Crippen LogP contribution in [0.25, 0.3) is 0 Å². The van der Waals surface area contributed by atoms with E-state index >= 15 is 0 Å². The molecule has 0 unspecified atom stereocenters. The molecule has 160 valence electrons. The summed E-state index contributed by atoms with van der Waals surface area (Å²) >= 11 is 0.999. The van der Waals surface area contributed by atoms with E-state index in [1.54, 1.807) is 0 Å². The Morgan fingerprint density at radius 2 is 1.84 bits per heavy atom. The molecule has 0 fully saturated rings. The SMILES string of the molecule is Cc1ccc(C)c(NC(=O)CSc2nc(N)c(NC(=O)c3ccc(F)cc3)c(=O)[nH]2)c1. The normalized spacial score (nSPS) is 10.5. The molecular weight excluding hydrogens is 421 g/mol. The maximum Gasteiger partial charge on any atom is 0.277 e. The lowest BCUT2D eigenvalue weighted by Gasteiger charge is -2.10. The topological polar surface area (TPSA) is 130 Å². The minimum Gasteiger partial charge on any atom is -0.382 e. The van der Waals surface area contributed by atoms with Gasteiger partial charge in [-0.15, -0.1) is 0 Å². The number of carbonyl (C=O) groups is 2. The van der Waals surface area contributed by atoms with Gasteiger partial charge >= 0.3 is 0 Å². The number of H-pyrrole nitrogens is 1. The molecule has 2 aromatic carbocycles. The number of hydrogen-bond acceptors (Lipinski definition) is 6. The highest BCUT2D eigenvalue weighted by atomic mass is 32.2. The Morgan fingerprint density at radius 3 is 2.52 bits per heavy atom. The van der Waals surface area contributed by atoms with Crippen molar-refractivity contribution in [1.82, 2.24) is 9.97 Å². The number of rotatable bonds is 6. The van der Waals surface area contributed by atoms with E-state index in [4.69, 9.17) is 5.73 Å². The number of benzene rings is 2. The molecule has 0 spiro atoms. The fourth-order valence-corrected chi connectivity index (χ4v) is 3.30. The first-order chi connectivity index (χ1) is 14.7. The zero-order valence-electron chi connectivity index (χ0n) is 16.8. The molecule has 3 rings (SSSR count). The largest absolute Gasteiger partial charge is 0.382 e. The molecule has 8 nitrogen and oxygen atoms in total. The minimum atomic E-state index is -0.666. The van der Waals surface area contributed by atoms with Crippen molar-refractivity contribution < 1.29 is 14.0 Å². The Labute approximate surface area is 181 Å². The van der Waals surface area contributed by atoms with E-state index in [0.717, 1.165) is 35.0 Å². The van der Waals surface area contributed by atoms with Crippen LogP contribution in [0.2, 0.25) is 0 Å². The molecule has 1 aromatic heterocycles. The fraction of sp³-hybridized carbons (Fsp3) is 0.143. The number of aryl methyl sites for hydroxylation is 2. The van der Waals surface area contributed by atoms with Crippen LogP contribution in [0.1, 0.15) is 21.5 Å². The summed E-state index contributed by atoms with van der Waals surface area (Å²) in [5, 5.41) is 5.32. The fourth-order valence-electron chi connectivity index (χ4n) is 2.64. The van der Waals surface area contributed by atoms with Crippen LogP contribution in [0.15, 0.2) is 52.4 Å². The van der Waals surface area contributed by atoms with Crippen molar-refractivity contribution >= 4 is 40.8 Å². The summed E-state index contributed by atoms with van der Waals surface area (Å²) in [6.45, 7) is 3.82. The van der Waals surface area contributed by atoms with E-state index in [1.165, 1.54) is 12.1 Å². The van der Waals surface area contributed by atoms with Gasteiger partial charge in [0.25, 0.3) is 11.5 Å². The van der Waals surface area contributed by atoms with Crippen molar-refractivity contribution in [3.05, 3.63) is 75.3 Å². The molecule has 10 heteroatoms. The van der Waals surface area contributed by atoms with Crippen LogP contribution in [-0.2, 0) is 4.79 Å². The number of aromatic amines is 1. The number of hydrogen-bond donors (Lipinski definition) is 4. The van der Waals surface area contributed by atoms with E-state index in [-0.39, 0.29) is 33.9 Å². The molecule has 0 aliphatic rings. The van der Waals surface area contributed by atoms with Gasteiger partial charge in [0.05, 0.1) is 5.75 Å². The molecule has 0 radical (unpaired) electrons. The van der Waals surface area contributed by atoms with Crippen LogP contribution < -0.4 is 21.9 Å². The van der Waals surface area contributed by atoms with Gasteiger partial charge in [0.2, 0.25) is 5.91 Å². The second kappa shape index (κ2) is 9.43. The summed E-state index contributed by atoms with van der Waals surface area (Å²) in [4.78, 5) is 43.3. The monoisotopic (exact) mass is 441 g/mol. The average molecular weight is 441 g/mol. The highest BCUT2D eigenvalue weighted by Gasteiger charge is 2.15. The lowest BCUT2D eigenvalue weighted by molar-refractivity contribution is -0.113. The van der Waals surface area contributed by atoms with Crippen molar-refractivity contribution in [1.29, 1.82) is 0 Å². The van der Waals surface area contributed by atoms with Crippen molar-refractivity contribution in [2.24, 2.45) is 0 Å². The third-order valence-corrected chi connectivity index (χ3v) is 5.15. The van der Waals surface area contributed by atoms with Gasteiger partial charge in [-0.1, -0.05) is 23.9 Å². The van der Waals surface area contributed by atoms with Crippen LogP contribution in [-0.4, -0.2) is 27.5 Å². The van der Waals surface area contributed by atoms with Gasteiger partial charge in [0.15, 0.2) is 11.0 Å². The quantitative estimate of drug-likeness (QED) is 0.344. The van der Waals surface area contributed by atoms with E-state index in [0.29, 0.717) is 5.69 Å². The number of nitrogens with one attached hydrogen (secondary N) is 3. The van der Waals surface area contributed by atoms with Crippen LogP contribution >= 0.6 is 11.8 Å². The van der Waals surface area contributed by atoms with Crippen molar-refractivity contribution in [2.75, 3.05) is 22.1 Å². The van der Waals surface area contributed by atoms with Gasteiger partial charge in [-0.05, 0) is 55.3 Å². The summed E-state index contributed by atoms with van der Waals surface area (Å²) in [7, 11) is 0. The van der Waals surface area contributed by atoms with Gasteiger partial charge in [-0.2, -0.15) is 0 Å². The van der Waals surface area contributed by atoms with E-state index in [9.17, 15) is 18.8 Å². The predicted octanol–water partition coefficient (Wildman–Crippen LogP) is 3.09. The molecule has 0 atom stereocenters. The van der Waals surface area contributed by atoms with Crippen LogP contribution in [0, 0.1) is 19.7 Å². The molecule has 0 saturated heterocycles. The number of anilines is 3.